The molecule has 0 saturated heterocycles. The molecule has 0 radical (unpaired) electrons. The number of anilines is 2. The Labute approximate surface area is 178 Å². The van der Waals surface area contributed by atoms with Gasteiger partial charge in [-0.3, -0.25) is 14.9 Å². The Kier molecular flexibility index (Phi) is 7.77. The summed E-state index contributed by atoms with van der Waals surface area (Å²) in [7, 11) is 0. The number of nitrogens with one attached hydrogen (secondary N) is 2. The third-order valence-corrected chi connectivity index (χ3v) is 6.09. The number of rotatable bonds is 9. The number of aryl methyl sites for hydroxylation is 1. The van der Waals surface area contributed by atoms with Crippen LogP contribution in [-0.4, -0.2) is 27.8 Å². The summed E-state index contributed by atoms with van der Waals surface area (Å²) < 4.78 is 0.831. The molecule has 2 aromatic carbocycles. The number of amides is 2. The lowest BCUT2D eigenvalue weighted by Gasteiger charge is -2.06. The highest BCUT2D eigenvalue weighted by Crippen LogP contribution is 2.26. The fourth-order valence-corrected chi connectivity index (χ4v) is 4.31. The van der Waals surface area contributed by atoms with E-state index in [0.29, 0.717) is 22.8 Å². The first-order valence-electron chi connectivity index (χ1n) is 9.35. The number of benzene rings is 2. The van der Waals surface area contributed by atoms with E-state index in [2.05, 4.69) is 45.1 Å². The number of carbonyl (C=O) groups excluding carboxylic acids is 2. The van der Waals surface area contributed by atoms with Crippen molar-refractivity contribution in [2.24, 2.45) is 0 Å². The summed E-state index contributed by atoms with van der Waals surface area (Å²) in [6, 6.07) is 17.2. The zero-order chi connectivity index (χ0) is 20.5. The van der Waals surface area contributed by atoms with E-state index < -0.39 is 0 Å². The maximum atomic E-state index is 12.5. The van der Waals surface area contributed by atoms with Crippen molar-refractivity contribution in [2.75, 3.05) is 16.4 Å². The molecule has 0 saturated carbocycles. The molecule has 1 heterocycles. The van der Waals surface area contributed by atoms with Crippen LogP contribution in [0.25, 0.3) is 0 Å². The van der Waals surface area contributed by atoms with E-state index in [-0.39, 0.29) is 11.8 Å². The van der Waals surface area contributed by atoms with Crippen LogP contribution in [0.5, 0.6) is 0 Å². The van der Waals surface area contributed by atoms with Crippen molar-refractivity contribution >= 4 is 45.7 Å². The molecule has 0 aliphatic carbocycles. The molecule has 3 rings (SSSR count). The summed E-state index contributed by atoms with van der Waals surface area (Å²) >= 11 is 3.00. The molecule has 0 bridgehead atoms. The van der Waals surface area contributed by atoms with Crippen LogP contribution in [0, 0.1) is 0 Å². The number of thioether (sulfide) groups is 1. The topological polar surface area (TPSA) is 84.0 Å². The standard InChI is InChI=1S/C21H22N4O2S2/c1-2-18(26)22-17-12-6-11-16(14-17)19(27)23-20-24-25-21(29-20)28-13-7-10-15-8-4-3-5-9-15/h3-6,8-9,11-12,14H,2,7,10,13H2,1H3,(H,22,26)(H,23,24,27). The molecule has 0 atom stereocenters. The van der Waals surface area contributed by atoms with Gasteiger partial charge in [0.2, 0.25) is 11.0 Å². The quantitative estimate of drug-likeness (QED) is 0.290. The van der Waals surface area contributed by atoms with E-state index in [1.807, 2.05) is 6.07 Å². The van der Waals surface area contributed by atoms with E-state index in [4.69, 9.17) is 0 Å². The van der Waals surface area contributed by atoms with Crippen molar-refractivity contribution < 1.29 is 9.59 Å². The lowest BCUT2D eigenvalue weighted by molar-refractivity contribution is -0.115. The van der Waals surface area contributed by atoms with Gasteiger partial charge in [0, 0.05) is 23.4 Å². The first kappa shape index (κ1) is 21.0. The minimum atomic E-state index is -0.283. The second kappa shape index (κ2) is 10.7. The highest BCUT2D eigenvalue weighted by molar-refractivity contribution is 8.01. The molecule has 0 spiro atoms. The van der Waals surface area contributed by atoms with Gasteiger partial charge in [-0.1, -0.05) is 66.4 Å². The van der Waals surface area contributed by atoms with Crippen LogP contribution in [0.15, 0.2) is 58.9 Å². The molecule has 2 N–H and O–H groups in total. The molecular weight excluding hydrogens is 404 g/mol. The largest absolute Gasteiger partial charge is 0.326 e. The monoisotopic (exact) mass is 426 g/mol. The van der Waals surface area contributed by atoms with Gasteiger partial charge < -0.3 is 5.32 Å². The smallest absolute Gasteiger partial charge is 0.257 e. The van der Waals surface area contributed by atoms with Gasteiger partial charge in [-0.05, 0) is 36.6 Å². The molecule has 0 aliphatic rings. The fraction of sp³-hybridized carbons (Fsp3) is 0.238. The van der Waals surface area contributed by atoms with E-state index in [1.165, 1.54) is 16.9 Å². The van der Waals surface area contributed by atoms with Crippen LogP contribution >= 0.6 is 23.1 Å². The van der Waals surface area contributed by atoms with Crippen molar-refractivity contribution in [3.05, 3.63) is 65.7 Å². The van der Waals surface area contributed by atoms with Crippen molar-refractivity contribution in [3.8, 4) is 0 Å². The number of hydrogen-bond donors (Lipinski definition) is 2. The minimum absolute atomic E-state index is 0.0967. The van der Waals surface area contributed by atoms with Gasteiger partial charge >= 0.3 is 0 Å². The van der Waals surface area contributed by atoms with Crippen LogP contribution in [0.1, 0.15) is 35.7 Å². The fourth-order valence-electron chi connectivity index (χ4n) is 2.56. The number of nitrogens with zero attached hydrogens (tertiary/aromatic N) is 2. The Morgan fingerprint density at radius 1 is 1.03 bits per heavy atom. The molecule has 0 fully saturated rings. The van der Waals surface area contributed by atoms with Gasteiger partial charge in [0.1, 0.15) is 0 Å². The lowest BCUT2D eigenvalue weighted by Crippen LogP contribution is -2.13. The van der Waals surface area contributed by atoms with Crippen LogP contribution in [0.3, 0.4) is 0 Å². The molecule has 29 heavy (non-hydrogen) atoms. The molecular formula is C21H22N4O2S2. The summed E-state index contributed by atoms with van der Waals surface area (Å²) in [6.07, 6.45) is 2.46. The first-order chi connectivity index (χ1) is 14.1. The van der Waals surface area contributed by atoms with Gasteiger partial charge in [0.25, 0.3) is 5.91 Å². The summed E-state index contributed by atoms with van der Waals surface area (Å²) in [4.78, 5) is 24.0. The van der Waals surface area contributed by atoms with Crippen LogP contribution in [0.2, 0.25) is 0 Å². The van der Waals surface area contributed by atoms with Crippen LogP contribution < -0.4 is 10.6 Å². The van der Waals surface area contributed by atoms with E-state index in [1.54, 1.807) is 43.0 Å². The second-order valence-electron chi connectivity index (χ2n) is 6.25. The van der Waals surface area contributed by atoms with Gasteiger partial charge in [0.15, 0.2) is 4.34 Å². The Morgan fingerprint density at radius 2 is 1.86 bits per heavy atom. The molecule has 3 aromatic rings. The van der Waals surface area contributed by atoms with Crippen LogP contribution in [0.4, 0.5) is 10.8 Å². The average Bonchev–Trinajstić information content (AvgIpc) is 3.19. The van der Waals surface area contributed by atoms with Crippen molar-refractivity contribution in [1.29, 1.82) is 0 Å². The second-order valence-corrected chi connectivity index (χ2v) is 8.57. The van der Waals surface area contributed by atoms with Crippen molar-refractivity contribution in [1.82, 2.24) is 10.2 Å². The predicted octanol–water partition coefficient (Wildman–Crippen LogP) is 4.86. The summed E-state index contributed by atoms with van der Waals surface area (Å²) in [6.45, 7) is 1.78. The normalized spacial score (nSPS) is 10.5. The number of hydrogen-bond acceptors (Lipinski definition) is 6. The Bertz CT molecular complexity index is 960. The van der Waals surface area contributed by atoms with Gasteiger partial charge in [-0.25, -0.2) is 0 Å². The first-order valence-corrected chi connectivity index (χ1v) is 11.2. The average molecular weight is 427 g/mol. The molecule has 0 aliphatic heterocycles. The molecule has 6 nitrogen and oxygen atoms in total. The van der Waals surface area contributed by atoms with Crippen molar-refractivity contribution in [3.63, 3.8) is 0 Å². The lowest BCUT2D eigenvalue weighted by atomic mass is 10.1. The maximum absolute atomic E-state index is 12.5. The number of carbonyl (C=O) groups is 2. The van der Waals surface area contributed by atoms with Crippen molar-refractivity contribution in [2.45, 2.75) is 30.5 Å². The molecule has 2 amide bonds. The summed E-state index contributed by atoms with van der Waals surface area (Å²) in [5, 5.41) is 14.2. The highest BCUT2D eigenvalue weighted by Gasteiger charge is 2.11. The third-order valence-electron chi connectivity index (χ3n) is 4.03. The van der Waals surface area contributed by atoms with Gasteiger partial charge in [-0.2, -0.15) is 0 Å². The molecule has 150 valence electrons. The zero-order valence-corrected chi connectivity index (χ0v) is 17.7. The maximum Gasteiger partial charge on any atom is 0.257 e. The molecule has 1 aromatic heterocycles. The highest BCUT2D eigenvalue weighted by atomic mass is 32.2. The summed E-state index contributed by atoms with van der Waals surface area (Å²) in [5.41, 5.74) is 2.37. The van der Waals surface area contributed by atoms with Crippen LogP contribution in [-0.2, 0) is 11.2 Å². The van der Waals surface area contributed by atoms with Gasteiger partial charge in [0.05, 0.1) is 0 Å². The van der Waals surface area contributed by atoms with E-state index in [9.17, 15) is 9.59 Å². The molecule has 8 heteroatoms. The van der Waals surface area contributed by atoms with Gasteiger partial charge in [-0.15, -0.1) is 10.2 Å². The Morgan fingerprint density at radius 3 is 2.66 bits per heavy atom. The van der Waals surface area contributed by atoms with E-state index in [0.717, 1.165) is 22.9 Å². The Hall–Kier alpha value is -2.71. The minimum Gasteiger partial charge on any atom is -0.326 e. The SMILES string of the molecule is CCC(=O)Nc1cccc(C(=O)Nc2nnc(SCCCc3ccccc3)s2)c1. The summed E-state index contributed by atoms with van der Waals surface area (Å²) in [5.74, 6) is 0.561. The molecule has 0 unspecified atom stereocenters. The zero-order valence-electron chi connectivity index (χ0n) is 16.1. The number of aromatic nitrogens is 2. The third kappa shape index (κ3) is 6.69. The Balaban J connectivity index is 1.48. The predicted molar refractivity (Wildman–Crippen MR) is 119 cm³/mol. The van der Waals surface area contributed by atoms with E-state index >= 15 is 0 Å².